The van der Waals surface area contributed by atoms with E-state index in [1.54, 1.807) is 0 Å². The Hall–Kier alpha value is -2.86. The van der Waals surface area contributed by atoms with Gasteiger partial charge in [0.1, 0.15) is 0 Å². The van der Waals surface area contributed by atoms with E-state index in [1.165, 1.54) is 35.4 Å². The number of Topliss-reactive ketones (excluding diaryl/α,β-unsaturated/α-hetero) is 1. The maximum Gasteiger partial charge on any atom is 0.269 e. The number of nitro groups is 1. The van der Waals surface area contributed by atoms with Crippen LogP contribution in [0.2, 0.25) is 0 Å². The van der Waals surface area contributed by atoms with E-state index in [0.717, 1.165) is 17.7 Å². The van der Waals surface area contributed by atoms with E-state index in [4.69, 9.17) is 0 Å². The largest absolute Gasteiger partial charge is 1.00 e. The van der Waals surface area contributed by atoms with Crippen LogP contribution in [0.5, 0.6) is 0 Å². The summed E-state index contributed by atoms with van der Waals surface area (Å²) < 4.78 is 1.92. The predicted octanol–water partition coefficient (Wildman–Crippen LogP) is 0.977. The summed E-state index contributed by atoms with van der Waals surface area (Å²) in [5.74, 6) is -0.0757. The zero-order valence-electron chi connectivity index (χ0n) is 15.8. The lowest BCUT2D eigenvalue weighted by Crippen LogP contribution is -3.00. The number of nitro benzene ring substituents is 1. The number of hydrogen-bond donors (Lipinski definition) is 0. The Morgan fingerprint density at radius 1 is 1.04 bits per heavy atom. The van der Waals surface area contributed by atoms with E-state index in [9.17, 15) is 14.9 Å². The van der Waals surface area contributed by atoms with Crippen LogP contribution < -0.4 is 21.5 Å². The quantitative estimate of drug-likeness (QED) is 0.248. The van der Waals surface area contributed by atoms with Gasteiger partial charge in [0.05, 0.1) is 4.92 Å². The molecule has 1 heterocycles. The predicted molar refractivity (Wildman–Crippen MR) is 103 cm³/mol. The van der Waals surface area contributed by atoms with Crippen molar-refractivity contribution in [1.82, 2.24) is 0 Å². The van der Waals surface area contributed by atoms with Gasteiger partial charge >= 0.3 is 0 Å². The van der Waals surface area contributed by atoms with Gasteiger partial charge in [-0.1, -0.05) is 30.3 Å². The van der Waals surface area contributed by atoms with Crippen LogP contribution >= 0.6 is 0 Å². The van der Waals surface area contributed by atoms with E-state index in [0.29, 0.717) is 5.56 Å². The Morgan fingerprint density at radius 2 is 1.68 bits per heavy atom. The molecule has 6 heteroatoms. The maximum atomic E-state index is 12.5. The summed E-state index contributed by atoms with van der Waals surface area (Å²) in [4.78, 5) is 22.8. The number of halogens is 1. The molecule has 0 atom stereocenters. The van der Waals surface area contributed by atoms with Gasteiger partial charge in [0, 0.05) is 36.2 Å². The minimum Gasteiger partial charge on any atom is -1.00 e. The standard InChI is InChI=1S/C22H21N2O3.BrH/c1-16-14-23(15-22(25)19-8-10-21(11-9-19)24(26)27)17(2)12-20(16)13-18-6-4-3-5-7-18;/h3-12,14H,13,15H2,1-2H3;1H/q+1;/p-1. The minimum absolute atomic E-state index is 0. The van der Waals surface area contributed by atoms with Crippen LogP contribution in [-0.4, -0.2) is 10.7 Å². The molecular formula is C22H21BrN2O3. The maximum absolute atomic E-state index is 12.5. The number of non-ortho nitro benzene ring substituents is 1. The molecule has 0 spiro atoms. The first-order valence-electron chi connectivity index (χ1n) is 8.75. The number of aromatic nitrogens is 1. The third-order valence-electron chi connectivity index (χ3n) is 4.64. The summed E-state index contributed by atoms with van der Waals surface area (Å²) in [5, 5.41) is 10.7. The molecule has 0 saturated carbocycles. The molecule has 0 aliphatic heterocycles. The summed E-state index contributed by atoms with van der Waals surface area (Å²) in [6.45, 7) is 4.23. The first-order valence-corrected chi connectivity index (χ1v) is 8.75. The molecule has 0 bridgehead atoms. The van der Waals surface area contributed by atoms with Gasteiger partial charge in [0.2, 0.25) is 12.3 Å². The molecule has 144 valence electrons. The number of nitrogens with zero attached hydrogens (tertiary/aromatic N) is 2. The van der Waals surface area contributed by atoms with Crippen molar-refractivity contribution in [3.63, 3.8) is 0 Å². The van der Waals surface area contributed by atoms with E-state index < -0.39 is 4.92 Å². The monoisotopic (exact) mass is 440 g/mol. The van der Waals surface area contributed by atoms with Gasteiger partial charge in [0.25, 0.3) is 5.69 Å². The Labute approximate surface area is 174 Å². The lowest BCUT2D eigenvalue weighted by molar-refractivity contribution is -0.689. The summed E-state index contributed by atoms with van der Waals surface area (Å²) in [7, 11) is 0. The highest BCUT2D eigenvalue weighted by atomic mass is 79.9. The molecule has 0 N–H and O–H groups in total. The Morgan fingerprint density at radius 3 is 2.29 bits per heavy atom. The lowest BCUT2D eigenvalue weighted by Gasteiger charge is -2.08. The van der Waals surface area contributed by atoms with E-state index in [-0.39, 0.29) is 35.0 Å². The number of aryl methyl sites for hydroxylation is 2. The first-order chi connectivity index (χ1) is 12.9. The summed E-state index contributed by atoms with van der Waals surface area (Å²) >= 11 is 0. The first kappa shape index (κ1) is 21.4. The van der Waals surface area contributed by atoms with Crippen molar-refractivity contribution < 1.29 is 31.3 Å². The minimum atomic E-state index is -0.470. The van der Waals surface area contributed by atoms with Crippen molar-refractivity contribution >= 4 is 11.5 Å². The number of carbonyl (C=O) groups is 1. The number of rotatable bonds is 6. The van der Waals surface area contributed by atoms with E-state index >= 15 is 0 Å². The van der Waals surface area contributed by atoms with Gasteiger partial charge in [-0.25, -0.2) is 0 Å². The molecule has 2 aromatic carbocycles. The molecule has 0 unspecified atom stereocenters. The van der Waals surface area contributed by atoms with Crippen LogP contribution in [0.25, 0.3) is 0 Å². The molecule has 0 radical (unpaired) electrons. The normalized spacial score (nSPS) is 10.2. The molecule has 0 aliphatic carbocycles. The van der Waals surface area contributed by atoms with Crippen LogP contribution in [0.15, 0.2) is 66.9 Å². The molecule has 3 aromatic rings. The Kier molecular flexibility index (Phi) is 7.18. The smallest absolute Gasteiger partial charge is 0.269 e. The number of pyridine rings is 1. The molecular weight excluding hydrogens is 420 g/mol. The summed E-state index contributed by atoms with van der Waals surface area (Å²) in [6, 6.07) is 18.1. The molecule has 1 aromatic heterocycles. The van der Waals surface area contributed by atoms with Crippen LogP contribution in [0.3, 0.4) is 0 Å². The summed E-state index contributed by atoms with van der Waals surface area (Å²) in [6.07, 6.45) is 2.85. The zero-order valence-corrected chi connectivity index (χ0v) is 17.3. The number of hydrogen-bond acceptors (Lipinski definition) is 3. The highest BCUT2D eigenvalue weighted by Crippen LogP contribution is 2.15. The highest BCUT2D eigenvalue weighted by molar-refractivity contribution is 5.95. The van der Waals surface area contributed by atoms with Crippen molar-refractivity contribution in [2.75, 3.05) is 0 Å². The fraction of sp³-hybridized carbons (Fsp3) is 0.182. The highest BCUT2D eigenvalue weighted by Gasteiger charge is 2.18. The van der Waals surface area contributed by atoms with Gasteiger partial charge in [-0.05, 0) is 36.6 Å². The lowest BCUT2D eigenvalue weighted by atomic mass is 10.0. The molecule has 0 amide bonds. The van der Waals surface area contributed by atoms with Gasteiger partial charge in [-0.15, -0.1) is 0 Å². The van der Waals surface area contributed by atoms with E-state index in [2.05, 4.69) is 18.2 Å². The average Bonchev–Trinajstić information content (AvgIpc) is 2.66. The van der Waals surface area contributed by atoms with Crippen molar-refractivity contribution in [3.8, 4) is 0 Å². The average molecular weight is 441 g/mol. The van der Waals surface area contributed by atoms with Crippen LogP contribution in [0.1, 0.15) is 32.7 Å². The van der Waals surface area contributed by atoms with Crippen molar-refractivity contribution in [3.05, 3.63) is 105 Å². The molecule has 0 fully saturated rings. The number of ketones is 1. The van der Waals surface area contributed by atoms with Gasteiger partial charge in [-0.3, -0.25) is 14.9 Å². The zero-order chi connectivity index (χ0) is 19.4. The van der Waals surface area contributed by atoms with Crippen molar-refractivity contribution in [2.24, 2.45) is 0 Å². The third-order valence-corrected chi connectivity index (χ3v) is 4.64. The second-order valence-electron chi connectivity index (χ2n) is 6.64. The molecule has 0 saturated heterocycles. The second kappa shape index (κ2) is 9.37. The van der Waals surface area contributed by atoms with Crippen molar-refractivity contribution in [2.45, 2.75) is 26.8 Å². The molecule has 28 heavy (non-hydrogen) atoms. The van der Waals surface area contributed by atoms with Crippen molar-refractivity contribution in [1.29, 1.82) is 0 Å². The fourth-order valence-electron chi connectivity index (χ4n) is 3.06. The SMILES string of the molecule is Cc1c[n+](CC(=O)c2ccc([N+](=O)[O-])cc2)c(C)cc1Cc1ccccc1.[Br-]. The van der Waals surface area contributed by atoms with Gasteiger partial charge in [0.15, 0.2) is 11.9 Å². The van der Waals surface area contributed by atoms with E-state index in [1.807, 2.05) is 42.8 Å². The second-order valence-corrected chi connectivity index (χ2v) is 6.64. The topological polar surface area (TPSA) is 64.1 Å². The third kappa shape index (κ3) is 5.10. The number of carbonyl (C=O) groups excluding carboxylic acids is 1. The van der Waals surface area contributed by atoms with Crippen LogP contribution in [0, 0.1) is 24.0 Å². The van der Waals surface area contributed by atoms with Gasteiger partial charge < -0.3 is 17.0 Å². The Balaban J connectivity index is 0.00000280. The fourth-order valence-corrected chi connectivity index (χ4v) is 3.06. The molecule has 0 aliphatic rings. The Bertz CT molecular complexity index is 987. The molecule has 5 nitrogen and oxygen atoms in total. The van der Waals surface area contributed by atoms with Crippen LogP contribution in [0.4, 0.5) is 5.69 Å². The van der Waals surface area contributed by atoms with Crippen LogP contribution in [-0.2, 0) is 13.0 Å². The summed E-state index contributed by atoms with van der Waals surface area (Å²) in [5.41, 5.74) is 5.06. The number of benzene rings is 2. The molecule has 3 rings (SSSR count). The van der Waals surface area contributed by atoms with Gasteiger partial charge in [-0.2, -0.15) is 4.57 Å².